The van der Waals surface area contributed by atoms with Crippen molar-refractivity contribution in [2.45, 2.75) is 31.6 Å². The molecule has 2 aliphatic rings. The Morgan fingerprint density at radius 1 is 1.24 bits per heavy atom. The average molecular weight is 339 g/mol. The highest BCUT2D eigenvalue weighted by atomic mass is 16.5. The van der Waals surface area contributed by atoms with Gasteiger partial charge in [0.2, 0.25) is 5.91 Å². The summed E-state index contributed by atoms with van der Waals surface area (Å²) in [5.74, 6) is 1.68. The molecule has 1 aromatic carbocycles. The van der Waals surface area contributed by atoms with Gasteiger partial charge in [0.1, 0.15) is 12.4 Å². The molecule has 0 unspecified atom stereocenters. The zero-order chi connectivity index (χ0) is 17.1. The monoisotopic (exact) mass is 339 g/mol. The average Bonchev–Trinajstić information content (AvgIpc) is 3.07. The number of hydrogen-bond donors (Lipinski definition) is 1. The quantitative estimate of drug-likeness (QED) is 0.910. The molecule has 1 aromatic heterocycles. The summed E-state index contributed by atoms with van der Waals surface area (Å²) in [7, 11) is 0. The number of fused-ring (bicyclic) bond motifs is 1. The number of likely N-dealkylation sites (tertiary alicyclic amines) is 1. The summed E-state index contributed by atoms with van der Waals surface area (Å²) >= 11 is 0. The molecule has 5 nitrogen and oxygen atoms in total. The van der Waals surface area contributed by atoms with Crippen LogP contribution in [0.15, 0.2) is 30.5 Å². The molecule has 2 fully saturated rings. The Morgan fingerprint density at radius 3 is 2.92 bits per heavy atom. The first-order valence-corrected chi connectivity index (χ1v) is 9.31. The lowest BCUT2D eigenvalue weighted by atomic mass is 9.88. The third-order valence-electron chi connectivity index (χ3n) is 5.33. The summed E-state index contributed by atoms with van der Waals surface area (Å²) in [6.45, 7) is 4.24. The van der Waals surface area contributed by atoms with Crippen LogP contribution in [0, 0.1) is 0 Å². The molecule has 0 spiro atoms. The molecule has 3 heterocycles. The number of ether oxygens (including phenoxy) is 1. The van der Waals surface area contributed by atoms with E-state index in [9.17, 15) is 4.79 Å². The molecule has 2 saturated heterocycles. The lowest BCUT2D eigenvalue weighted by Gasteiger charge is -2.24. The zero-order valence-corrected chi connectivity index (χ0v) is 14.5. The summed E-state index contributed by atoms with van der Waals surface area (Å²) in [6.07, 6.45) is 5.92. The molecule has 0 aliphatic carbocycles. The Morgan fingerprint density at radius 2 is 2.12 bits per heavy atom. The van der Waals surface area contributed by atoms with E-state index in [2.05, 4.69) is 22.4 Å². The predicted molar refractivity (Wildman–Crippen MR) is 97.9 cm³/mol. The lowest BCUT2D eigenvalue weighted by Crippen LogP contribution is -2.29. The van der Waals surface area contributed by atoms with E-state index in [1.54, 1.807) is 0 Å². The molecule has 2 aromatic rings. The van der Waals surface area contributed by atoms with E-state index in [-0.39, 0.29) is 5.91 Å². The first kappa shape index (κ1) is 16.3. The number of piperidine rings is 1. The molecule has 25 heavy (non-hydrogen) atoms. The van der Waals surface area contributed by atoms with E-state index in [0.717, 1.165) is 37.3 Å². The van der Waals surface area contributed by atoms with Crippen molar-refractivity contribution in [3.63, 3.8) is 0 Å². The number of aromatic nitrogens is 1. The second-order valence-electron chi connectivity index (χ2n) is 6.94. The van der Waals surface area contributed by atoms with Crippen LogP contribution >= 0.6 is 0 Å². The number of hydrogen-bond acceptors (Lipinski definition) is 4. The van der Waals surface area contributed by atoms with Crippen LogP contribution in [0.2, 0.25) is 0 Å². The molecular formula is C20H25N3O2. The predicted octanol–water partition coefficient (Wildman–Crippen LogP) is 2.70. The Labute approximate surface area is 148 Å². The van der Waals surface area contributed by atoms with Gasteiger partial charge >= 0.3 is 0 Å². The van der Waals surface area contributed by atoms with E-state index in [0.29, 0.717) is 25.5 Å². The largest absolute Gasteiger partial charge is 0.492 e. The van der Waals surface area contributed by atoms with Crippen LogP contribution in [0.25, 0.3) is 10.9 Å². The second-order valence-corrected chi connectivity index (χ2v) is 6.94. The normalized spacial score (nSPS) is 18.9. The van der Waals surface area contributed by atoms with Gasteiger partial charge in [0.05, 0.1) is 12.1 Å². The number of amides is 1. The van der Waals surface area contributed by atoms with Gasteiger partial charge in [0.25, 0.3) is 0 Å². The maximum Gasteiger partial charge on any atom is 0.222 e. The van der Waals surface area contributed by atoms with E-state index in [1.807, 2.05) is 23.2 Å². The number of carbonyl (C=O) groups is 1. The third kappa shape index (κ3) is 3.61. The Hall–Kier alpha value is -2.14. The van der Waals surface area contributed by atoms with Gasteiger partial charge in [-0.1, -0.05) is 0 Å². The molecule has 4 rings (SSSR count). The topological polar surface area (TPSA) is 54.5 Å². The maximum atomic E-state index is 11.6. The minimum Gasteiger partial charge on any atom is -0.492 e. The molecule has 1 amide bonds. The second kappa shape index (κ2) is 7.40. The van der Waals surface area contributed by atoms with E-state index >= 15 is 0 Å². The van der Waals surface area contributed by atoms with Gasteiger partial charge in [-0.25, -0.2) is 0 Å². The molecule has 2 aliphatic heterocycles. The fraction of sp³-hybridized carbons (Fsp3) is 0.500. The molecule has 0 atom stereocenters. The van der Waals surface area contributed by atoms with Crippen LogP contribution in [-0.4, -0.2) is 48.6 Å². The fourth-order valence-electron chi connectivity index (χ4n) is 3.94. The van der Waals surface area contributed by atoms with Crippen LogP contribution in [0.3, 0.4) is 0 Å². The molecule has 0 bridgehead atoms. The van der Waals surface area contributed by atoms with Gasteiger partial charge in [-0.3, -0.25) is 9.78 Å². The van der Waals surface area contributed by atoms with Crippen molar-refractivity contribution in [3.8, 4) is 5.75 Å². The number of nitrogens with zero attached hydrogens (tertiary/aromatic N) is 2. The van der Waals surface area contributed by atoms with Gasteiger partial charge in [0.15, 0.2) is 0 Å². The summed E-state index contributed by atoms with van der Waals surface area (Å²) in [5.41, 5.74) is 2.39. The lowest BCUT2D eigenvalue weighted by molar-refractivity contribution is -0.128. The van der Waals surface area contributed by atoms with Crippen molar-refractivity contribution in [2.75, 3.05) is 32.8 Å². The number of rotatable bonds is 5. The highest BCUT2D eigenvalue weighted by Crippen LogP contribution is 2.31. The minimum absolute atomic E-state index is 0.246. The van der Waals surface area contributed by atoms with Crippen LogP contribution in [0.4, 0.5) is 0 Å². The fourth-order valence-corrected chi connectivity index (χ4v) is 3.94. The molecule has 1 N–H and O–H groups in total. The van der Waals surface area contributed by atoms with Crippen molar-refractivity contribution in [1.82, 2.24) is 15.2 Å². The summed E-state index contributed by atoms with van der Waals surface area (Å²) < 4.78 is 5.87. The summed E-state index contributed by atoms with van der Waals surface area (Å²) in [6, 6.07) is 8.35. The zero-order valence-electron chi connectivity index (χ0n) is 14.5. The summed E-state index contributed by atoms with van der Waals surface area (Å²) in [5, 5.41) is 4.66. The number of benzene rings is 1. The first-order valence-electron chi connectivity index (χ1n) is 9.31. The van der Waals surface area contributed by atoms with E-state index in [4.69, 9.17) is 4.74 Å². The van der Waals surface area contributed by atoms with Gasteiger partial charge in [0, 0.05) is 30.6 Å². The van der Waals surface area contributed by atoms with Crippen LogP contribution in [-0.2, 0) is 4.79 Å². The molecule has 0 saturated carbocycles. The summed E-state index contributed by atoms with van der Waals surface area (Å²) in [4.78, 5) is 18.1. The van der Waals surface area contributed by atoms with Crippen molar-refractivity contribution in [1.29, 1.82) is 0 Å². The standard InChI is InChI=1S/C20H25N3O2/c24-20-2-1-11-23(20)12-13-25-16-3-4-18-17(7-10-22-19(18)14-16)15-5-8-21-9-6-15/h3-4,7,10,14-15,21H,1-2,5-6,8-9,11-13H2. The van der Waals surface area contributed by atoms with Crippen molar-refractivity contribution < 1.29 is 9.53 Å². The van der Waals surface area contributed by atoms with Crippen molar-refractivity contribution >= 4 is 16.8 Å². The van der Waals surface area contributed by atoms with Crippen LogP contribution in [0.1, 0.15) is 37.2 Å². The highest BCUT2D eigenvalue weighted by molar-refractivity contribution is 5.84. The van der Waals surface area contributed by atoms with Crippen molar-refractivity contribution in [3.05, 3.63) is 36.0 Å². The van der Waals surface area contributed by atoms with Gasteiger partial charge < -0.3 is 15.0 Å². The number of pyridine rings is 1. The van der Waals surface area contributed by atoms with Gasteiger partial charge in [-0.2, -0.15) is 0 Å². The Balaban J connectivity index is 1.45. The SMILES string of the molecule is O=C1CCCN1CCOc1ccc2c(C3CCNCC3)ccnc2c1. The van der Waals surface area contributed by atoms with Crippen LogP contribution in [0.5, 0.6) is 5.75 Å². The van der Waals surface area contributed by atoms with E-state index in [1.165, 1.54) is 23.8 Å². The smallest absolute Gasteiger partial charge is 0.222 e. The van der Waals surface area contributed by atoms with E-state index < -0.39 is 0 Å². The Bertz CT molecular complexity index is 756. The minimum atomic E-state index is 0.246. The van der Waals surface area contributed by atoms with Crippen molar-refractivity contribution in [2.24, 2.45) is 0 Å². The number of nitrogens with one attached hydrogen (secondary N) is 1. The molecule has 5 heteroatoms. The van der Waals surface area contributed by atoms with Gasteiger partial charge in [-0.15, -0.1) is 0 Å². The number of carbonyl (C=O) groups excluding carboxylic acids is 1. The molecule has 132 valence electrons. The maximum absolute atomic E-state index is 11.6. The molecule has 0 radical (unpaired) electrons. The third-order valence-corrected chi connectivity index (χ3v) is 5.33. The van der Waals surface area contributed by atoms with Gasteiger partial charge in [-0.05, 0) is 62.0 Å². The Kier molecular flexibility index (Phi) is 4.83. The first-order chi connectivity index (χ1) is 12.3. The molecular weight excluding hydrogens is 314 g/mol. The van der Waals surface area contributed by atoms with Crippen LogP contribution < -0.4 is 10.1 Å². The highest BCUT2D eigenvalue weighted by Gasteiger charge is 2.20.